The van der Waals surface area contributed by atoms with Gasteiger partial charge in [-0.3, -0.25) is 4.79 Å². The molecule has 1 saturated heterocycles. The van der Waals surface area contributed by atoms with Crippen LogP contribution < -0.4 is 10.5 Å². The van der Waals surface area contributed by atoms with E-state index < -0.39 is 17.4 Å². The van der Waals surface area contributed by atoms with Crippen LogP contribution >= 0.6 is 0 Å². The quantitative estimate of drug-likeness (QED) is 0.832. The minimum absolute atomic E-state index is 0.0611. The van der Waals surface area contributed by atoms with Crippen LogP contribution in [0, 0.1) is 6.92 Å². The second-order valence-electron chi connectivity index (χ2n) is 5.04. The summed E-state index contributed by atoms with van der Waals surface area (Å²) in [5.41, 5.74) is 7.71. The Balaban J connectivity index is 2.31. The molecule has 1 aromatic carbocycles. The van der Waals surface area contributed by atoms with Crippen molar-refractivity contribution in [3.8, 4) is 5.75 Å². The summed E-state index contributed by atoms with van der Waals surface area (Å²) in [7, 11) is 1.63. The van der Waals surface area contributed by atoms with Crippen LogP contribution in [0.15, 0.2) is 18.2 Å². The summed E-state index contributed by atoms with van der Waals surface area (Å²) in [5.74, 6) is -0.0741. The lowest BCUT2D eigenvalue weighted by molar-refractivity contribution is -0.140. The molecule has 5 nitrogen and oxygen atoms in total. The average molecular weight is 265 g/mol. The smallest absolute Gasteiger partial charge is 0.304 e. The van der Waals surface area contributed by atoms with Crippen LogP contribution in [0.25, 0.3) is 0 Å². The normalized spacial score (nSPS) is 18.5. The van der Waals surface area contributed by atoms with Gasteiger partial charge >= 0.3 is 5.97 Å². The number of aryl methyl sites for hydroxylation is 1. The van der Waals surface area contributed by atoms with E-state index in [1.807, 2.05) is 25.1 Å². The fraction of sp³-hybridized carbons (Fsp3) is 0.500. The molecule has 19 heavy (non-hydrogen) atoms. The predicted octanol–water partition coefficient (Wildman–Crippen LogP) is 1.07. The topological polar surface area (TPSA) is 81.8 Å². The third kappa shape index (κ3) is 2.43. The largest absolute Gasteiger partial charge is 0.496 e. The Morgan fingerprint density at radius 1 is 1.58 bits per heavy atom. The SMILES string of the molecule is COc1ccc(C2(C(N)CC(=O)O)COC2)cc1C. The van der Waals surface area contributed by atoms with Gasteiger partial charge in [-0.2, -0.15) is 0 Å². The van der Waals surface area contributed by atoms with Gasteiger partial charge < -0.3 is 20.3 Å². The Labute approximate surface area is 112 Å². The van der Waals surface area contributed by atoms with Crippen molar-refractivity contribution in [2.75, 3.05) is 20.3 Å². The molecule has 1 aliphatic heterocycles. The molecular formula is C14H19NO4. The summed E-state index contributed by atoms with van der Waals surface area (Å²) >= 11 is 0. The van der Waals surface area contributed by atoms with Gasteiger partial charge in [0.25, 0.3) is 0 Å². The maximum Gasteiger partial charge on any atom is 0.304 e. The molecule has 1 heterocycles. The maximum absolute atomic E-state index is 10.9. The summed E-state index contributed by atoms with van der Waals surface area (Å²) in [6.07, 6.45) is -0.0611. The van der Waals surface area contributed by atoms with E-state index in [0.29, 0.717) is 13.2 Å². The lowest BCUT2D eigenvalue weighted by Gasteiger charge is -2.46. The van der Waals surface area contributed by atoms with E-state index in [0.717, 1.165) is 16.9 Å². The lowest BCUT2D eigenvalue weighted by atomic mass is 9.71. The minimum atomic E-state index is -0.885. The zero-order valence-corrected chi connectivity index (χ0v) is 11.2. The highest BCUT2D eigenvalue weighted by Crippen LogP contribution is 2.37. The fourth-order valence-electron chi connectivity index (χ4n) is 2.49. The van der Waals surface area contributed by atoms with E-state index >= 15 is 0 Å². The zero-order valence-electron chi connectivity index (χ0n) is 11.2. The second kappa shape index (κ2) is 5.19. The number of carbonyl (C=O) groups is 1. The summed E-state index contributed by atoms with van der Waals surface area (Å²) in [4.78, 5) is 10.9. The number of aliphatic carboxylic acids is 1. The Morgan fingerprint density at radius 3 is 2.68 bits per heavy atom. The van der Waals surface area contributed by atoms with Crippen LogP contribution in [0.3, 0.4) is 0 Å². The molecule has 1 aromatic rings. The third-order valence-electron chi connectivity index (χ3n) is 3.79. The zero-order chi connectivity index (χ0) is 14.0. The van der Waals surface area contributed by atoms with Gasteiger partial charge in [-0.1, -0.05) is 12.1 Å². The first-order valence-electron chi connectivity index (χ1n) is 6.20. The number of benzene rings is 1. The first-order chi connectivity index (χ1) is 8.99. The molecule has 2 rings (SSSR count). The van der Waals surface area contributed by atoms with Crippen molar-refractivity contribution < 1.29 is 19.4 Å². The van der Waals surface area contributed by atoms with E-state index in [4.69, 9.17) is 20.3 Å². The van der Waals surface area contributed by atoms with Gasteiger partial charge in [0.05, 0.1) is 32.2 Å². The van der Waals surface area contributed by atoms with Crippen LogP contribution in [0.4, 0.5) is 0 Å². The van der Waals surface area contributed by atoms with E-state index in [9.17, 15) is 4.79 Å². The van der Waals surface area contributed by atoms with Gasteiger partial charge in [-0.15, -0.1) is 0 Å². The van der Waals surface area contributed by atoms with Crippen molar-refractivity contribution in [2.24, 2.45) is 5.73 Å². The number of rotatable bonds is 5. The van der Waals surface area contributed by atoms with Crippen molar-refractivity contribution in [3.63, 3.8) is 0 Å². The average Bonchev–Trinajstić information content (AvgIpc) is 2.26. The molecule has 0 aromatic heterocycles. The monoisotopic (exact) mass is 265 g/mol. The van der Waals surface area contributed by atoms with Gasteiger partial charge in [-0.25, -0.2) is 0 Å². The molecule has 0 spiro atoms. The first-order valence-corrected chi connectivity index (χ1v) is 6.20. The summed E-state index contributed by atoms with van der Waals surface area (Å²) < 4.78 is 10.5. The highest BCUT2D eigenvalue weighted by Gasteiger charge is 2.46. The first kappa shape index (κ1) is 13.8. The highest BCUT2D eigenvalue weighted by molar-refractivity contribution is 5.68. The third-order valence-corrected chi connectivity index (χ3v) is 3.79. The number of carboxylic acids is 1. The molecule has 1 atom stereocenters. The van der Waals surface area contributed by atoms with E-state index in [-0.39, 0.29) is 6.42 Å². The molecule has 1 unspecified atom stereocenters. The van der Waals surface area contributed by atoms with Gasteiger partial charge in [-0.05, 0) is 24.1 Å². The van der Waals surface area contributed by atoms with Crippen LogP contribution in [-0.2, 0) is 14.9 Å². The lowest BCUT2D eigenvalue weighted by Crippen LogP contribution is -2.59. The van der Waals surface area contributed by atoms with Crippen molar-refractivity contribution in [1.29, 1.82) is 0 Å². The molecule has 1 fully saturated rings. The number of methoxy groups -OCH3 is 1. The van der Waals surface area contributed by atoms with Crippen molar-refractivity contribution in [3.05, 3.63) is 29.3 Å². The van der Waals surface area contributed by atoms with Crippen LogP contribution in [0.1, 0.15) is 17.5 Å². The fourth-order valence-corrected chi connectivity index (χ4v) is 2.49. The second-order valence-corrected chi connectivity index (χ2v) is 5.04. The van der Waals surface area contributed by atoms with Crippen LogP contribution in [0.5, 0.6) is 5.75 Å². The van der Waals surface area contributed by atoms with Gasteiger partial charge in [0.2, 0.25) is 0 Å². The number of carboxylic acid groups (broad SMARTS) is 1. The Kier molecular flexibility index (Phi) is 3.78. The van der Waals surface area contributed by atoms with Gasteiger partial charge in [0.15, 0.2) is 0 Å². The van der Waals surface area contributed by atoms with Gasteiger partial charge in [0.1, 0.15) is 5.75 Å². The minimum Gasteiger partial charge on any atom is -0.496 e. The molecule has 0 amide bonds. The Hall–Kier alpha value is -1.59. The standard InChI is InChI=1S/C14H19NO4/c1-9-5-10(3-4-11(9)18-2)14(7-19-8-14)12(15)6-13(16)17/h3-5,12H,6-8,15H2,1-2H3,(H,16,17). The maximum atomic E-state index is 10.9. The van der Waals surface area contributed by atoms with Crippen molar-refractivity contribution in [1.82, 2.24) is 0 Å². The molecule has 3 N–H and O–H groups in total. The van der Waals surface area contributed by atoms with E-state index in [2.05, 4.69) is 0 Å². The number of hydrogen-bond donors (Lipinski definition) is 2. The molecular weight excluding hydrogens is 246 g/mol. The Morgan fingerprint density at radius 2 is 2.26 bits per heavy atom. The predicted molar refractivity (Wildman–Crippen MR) is 70.5 cm³/mol. The molecule has 5 heteroatoms. The van der Waals surface area contributed by atoms with Crippen LogP contribution in [0.2, 0.25) is 0 Å². The van der Waals surface area contributed by atoms with Crippen LogP contribution in [-0.4, -0.2) is 37.4 Å². The van der Waals surface area contributed by atoms with Crippen molar-refractivity contribution >= 4 is 5.97 Å². The highest BCUT2D eigenvalue weighted by atomic mass is 16.5. The van der Waals surface area contributed by atoms with Gasteiger partial charge in [0, 0.05) is 6.04 Å². The molecule has 1 aliphatic rings. The summed E-state index contributed by atoms with van der Waals surface area (Å²) in [6, 6.07) is 5.38. The summed E-state index contributed by atoms with van der Waals surface area (Å²) in [6.45, 7) is 2.89. The Bertz CT molecular complexity index is 482. The van der Waals surface area contributed by atoms with E-state index in [1.165, 1.54) is 0 Å². The number of ether oxygens (including phenoxy) is 2. The molecule has 0 aliphatic carbocycles. The molecule has 0 bridgehead atoms. The number of nitrogens with two attached hydrogens (primary N) is 1. The molecule has 0 radical (unpaired) electrons. The molecule has 104 valence electrons. The van der Waals surface area contributed by atoms with Crippen molar-refractivity contribution in [2.45, 2.75) is 24.8 Å². The van der Waals surface area contributed by atoms with E-state index in [1.54, 1.807) is 7.11 Å². The molecule has 0 saturated carbocycles. The summed E-state index contributed by atoms with van der Waals surface area (Å²) in [5, 5.41) is 8.91. The number of hydrogen-bond acceptors (Lipinski definition) is 4.